The molecule has 0 saturated heterocycles. The predicted octanol–water partition coefficient (Wildman–Crippen LogP) is 3.56. The van der Waals surface area contributed by atoms with Gasteiger partial charge in [-0.3, -0.25) is 0 Å². The molecule has 0 aliphatic heterocycles. The molecule has 1 unspecified atom stereocenters. The molecule has 1 saturated carbocycles. The SMILES string of the molecule is CCNC(=NCc1ccc(S(=O)(=O)NC2CC2)cc1)NC(C)c1ccccc1.I. The van der Waals surface area contributed by atoms with E-state index in [1.807, 2.05) is 37.3 Å². The molecule has 6 nitrogen and oxygen atoms in total. The Balaban J connectivity index is 0.00000300. The Hall–Kier alpha value is -1.65. The maximum atomic E-state index is 12.2. The first-order valence-electron chi connectivity index (χ1n) is 9.69. The minimum Gasteiger partial charge on any atom is -0.357 e. The Kier molecular flexibility index (Phi) is 8.91. The Morgan fingerprint density at radius 1 is 1.10 bits per heavy atom. The van der Waals surface area contributed by atoms with Gasteiger partial charge in [0.2, 0.25) is 10.0 Å². The third-order valence-corrected chi connectivity index (χ3v) is 6.09. The zero-order valence-corrected chi connectivity index (χ0v) is 19.9. The lowest BCUT2D eigenvalue weighted by Crippen LogP contribution is -2.38. The lowest BCUT2D eigenvalue weighted by molar-refractivity contribution is 0.581. The molecule has 0 aromatic heterocycles. The summed E-state index contributed by atoms with van der Waals surface area (Å²) in [6.07, 6.45) is 1.85. The number of guanidine groups is 1. The van der Waals surface area contributed by atoms with Gasteiger partial charge in [-0.1, -0.05) is 42.5 Å². The van der Waals surface area contributed by atoms with Crippen LogP contribution >= 0.6 is 24.0 Å². The van der Waals surface area contributed by atoms with Crippen LogP contribution < -0.4 is 15.4 Å². The highest BCUT2D eigenvalue weighted by Gasteiger charge is 2.27. The molecule has 1 aliphatic carbocycles. The van der Waals surface area contributed by atoms with Gasteiger partial charge in [-0.2, -0.15) is 0 Å². The summed E-state index contributed by atoms with van der Waals surface area (Å²) < 4.78 is 27.2. The van der Waals surface area contributed by atoms with Crippen molar-refractivity contribution in [1.29, 1.82) is 0 Å². The first kappa shape index (κ1) is 23.6. The van der Waals surface area contributed by atoms with E-state index in [1.165, 1.54) is 5.56 Å². The maximum absolute atomic E-state index is 12.2. The van der Waals surface area contributed by atoms with Gasteiger partial charge in [-0.05, 0) is 49.9 Å². The van der Waals surface area contributed by atoms with Crippen molar-refractivity contribution in [2.75, 3.05) is 6.54 Å². The zero-order valence-electron chi connectivity index (χ0n) is 16.8. The van der Waals surface area contributed by atoms with Crippen LogP contribution in [0, 0.1) is 0 Å². The van der Waals surface area contributed by atoms with E-state index in [-0.39, 0.29) is 36.1 Å². The highest BCUT2D eigenvalue weighted by atomic mass is 127. The second-order valence-electron chi connectivity index (χ2n) is 7.01. The Bertz CT molecular complexity index is 898. The van der Waals surface area contributed by atoms with Crippen LogP contribution in [0.3, 0.4) is 0 Å². The van der Waals surface area contributed by atoms with E-state index in [0.717, 1.165) is 30.9 Å². The minimum atomic E-state index is -3.41. The molecular weight excluding hydrogens is 499 g/mol. The lowest BCUT2D eigenvalue weighted by atomic mass is 10.1. The number of hydrogen-bond donors (Lipinski definition) is 3. The summed E-state index contributed by atoms with van der Waals surface area (Å²) in [7, 11) is -3.41. The van der Waals surface area contributed by atoms with E-state index in [2.05, 4.69) is 39.4 Å². The first-order valence-corrected chi connectivity index (χ1v) is 11.2. The zero-order chi connectivity index (χ0) is 20.0. The minimum absolute atomic E-state index is 0. The van der Waals surface area contributed by atoms with Crippen molar-refractivity contribution in [3.05, 3.63) is 65.7 Å². The summed E-state index contributed by atoms with van der Waals surface area (Å²) >= 11 is 0. The standard InChI is InChI=1S/C21H28N4O2S.HI/c1-3-22-21(24-16(2)18-7-5-4-6-8-18)23-15-17-9-13-20(14-10-17)28(26,27)25-19-11-12-19;/h4-10,13-14,16,19,25H,3,11-12,15H2,1-2H3,(H2,22,23,24);1H. The molecular formula is C21H29IN4O2S. The van der Waals surface area contributed by atoms with Gasteiger partial charge in [0, 0.05) is 12.6 Å². The first-order chi connectivity index (χ1) is 13.5. The van der Waals surface area contributed by atoms with E-state index >= 15 is 0 Å². The number of halogens is 1. The highest BCUT2D eigenvalue weighted by Crippen LogP contribution is 2.22. The van der Waals surface area contributed by atoms with Crippen LogP contribution in [-0.2, 0) is 16.6 Å². The van der Waals surface area contributed by atoms with Crippen LogP contribution in [-0.4, -0.2) is 27.0 Å². The molecule has 3 N–H and O–H groups in total. The molecule has 0 bridgehead atoms. The molecule has 0 heterocycles. The number of benzene rings is 2. The van der Waals surface area contributed by atoms with Gasteiger partial charge in [-0.15, -0.1) is 24.0 Å². The average Bonchev–Trinajstić information content (AvgIpc) is 3.50. The molecule has 0 spiro atoms. The van der Waals surface area contributed by atoms with Gasteiger partial charge < -0.3 is 10.6 Å². The van der Waals surface area contributed by atoms with Crippen LogP contribution in [0.25, 0.3) is 0 Å². The second kappa shape index (κ2) is 10.9. The Morgan fingerprint density at radius 2 is 1.76 bits per heavy atom. The molecule has 2 aromatic carbocycles. The van der Waals surface area contributed by atoms with Gasteiger partial charge in [0.15, 0.2) is 5.96 Å². The Labute approximate surface area is 190 Å². The second-order valence-corrected chi connectivity index (χ2v) is 8.73. The van der Waals surface area contributed by atoms with Crippen LogP contribution in [0.4, 0.5) is 0 Å². The van der Waals surface area contributed by atoms with Crippen LogP contribution in [0.15, 0.2) is 64.5 Å². The number of nitrogens with zero attached hydrogens (tertiary/aromatic N) is 1. The van der Waals surface area contributed by atoms with Gasteiger partial charge in [0.05, 0.1) is 17.5 Å². The number of nitrogens with one attached hydrogen (secondary N) is 3. The monoisotopic (exact) mass is 528 g/mol. The van der Waals surface area contributed by atoms with Crippen molar-refractivity contribution in [2.24, 2.45) is 4.99 Å². The van der Waals surface area contributed by atoms with E-state index < -0.39 is 10.0 Å². The number of aliphatic imine (C=N–C) groups is 1. The molecule has 0 amide bonds. The van der Waals surface area contributed by atoms with Gasteiger partial charge in [0.1, 0.15) is 0 Å². The third-order valence-electron chi connectivity index (χ3n) is 4.55. The molecule has 29 heavy (non-hydrogen) atoms. The number of hydrogen-bond acceptors (Lipinski definition) is 3. The predicted molar refractivity (Wildman–Crippen MR) is 128 cm³/mol. The van der Waals surface area contributed by atoms with Gasteiger partial charge >= 0.3 is 0 Å². The lowest BCUT2D eigenvalue weighted by Gasteiger charge is -2.18. The van der Waals surface area contributed by atoms with Crippen LogP contribution in [0.2, 0.25) is 0 Å². The average molecular weight is 528 g/mol. The van der Waals surface area contributed by atoms with Crippen LogP contribution in [0.5, 0.6) is 0 Å². The Morgan fingerprint density at radius 3 is 2.34 bits per heavy atom. The quantitative estimate of drug-likeness (QED) is 0.278. The molecule has 1 atom stereocenters. The highest BCUT2D eigenvalue weighted by molar-refractivity contribution is 14.0. The van der Waals surface area contributed by atoms with Crippen molar-refractivity contribution >= 4 is 40.0 Å². The van der Waals surface area contributed by atoms with E-state index in [4.69, 9.17) is 0 Å². The third kappa shape index (κ3) is 7.27. The fourth-order valence-electron chi connectivity index (χ4n) is 2.78. The molecule has 158 valence electrons. The molecule has 3 rings (SSSR count). The fourth-order valence-corrected chi connectivity index (χ4v) is 4.09. The molecule has 8 heteroatoms. The van der Waals surface area contributed by atoms with Crippen molar-refractivity contribution in [3.63, 3.8) is 0 Å². The number of rotatable bonds is 8. The molecule has 0 radical (unpaired) electrons. The van der Waals surface area contributed by atoms with E-state index in [1.54, 1.807) is 12.1 Å². The topological polar surface area (TPSA) is 82.6 Å². The summed E-state index contributed by atoms with van der Waals surface area (Å²) in [6, 6.07) is 17.3. The largest absolute Gasteiger partial charge is 0.357 e. The summed E-state index contributed by atoms with van der Waals surface area (Å²) in [4.78, 5) is 4.93. The molecule has 1 fully saturated rings. The normalized spacial score (nSPS) is 15.3. The van der Waals surface area contributed by atoms with Crippen molar-refractivity contribution in [2.45, 2.75) is 50.2 Å². The number of sulfonamides is 1. The van der Waals surface area contributed by atoms with E-state index in [0.29, 0.717) is 11.4 Å². The molecule has 2 aromatic rings. The van der Waals surface area contributed by atoms with E-state index in [9.17, 15) is 8.42 Å². The van der Waals surface area contributed by atoms with Crippen molar-refractivity contribution < 1.29 is 8.42 Å². The summed E-state index contributed by atoms with van der Waals surface area (Å²) in [6.45, 7) is 5.34. The summed E-state index contributed by atoms with van der Waals surface area (Å²) in [5, 5.41) is 6.65. The smallest absolute Gasteiger partial charge is 0.240 e. The summed E-state index contributed by atoms with van der Waals surface area (Å²) in [5.41, 5.74) is 2.14. The maximum Gasteiger partial charge on any atom is 0.240 e. The summed E-state index contributed by atoms with van der Waals surface area (Å²) in [5.74, 6) is 0.728. The van der Waals surface area contributed by atoms with Crippen molar-refractivity contribution in [3.8, 4) is 0 Å². The van der Waals surface area contributed by atoms with Crippen molar-refractivity contribution in [1.82, 2.24) is 15.4 Å². The van der Waals surface area contributed by atoms with Gasteiger partial charge in [0.25, 0.3) is 0 Å². The van der Waals surface area contributed by atoms with Gasteiger partial charge in [-0.25, -0.2) is 18.1 Å². The fraction of sp³-hybridized carbons (Fsp3) is 0.381. The molecule has 1 aliphatic rings. The van der Waals surface area contributed by atoms with Crippen LogP contribution in [0.1, 0.15) is 43.9 Å².